The molecule has 8 N–H and O–H groups in total. The average Bonchev–Trinajstić information content (AvgIpc) is 2.38. The molecule has 482 valence electrons. The second-order valence-corrected chi connectivity index (χ2v) is 22.9. The van der Waals surface area contributed by atoms with Crippen LogP contribution >= 0.6 is 58.8 Å². The van der Waals surface area contributed by atoms with Crippen molar-refractivity contribution in [3.63, 3.8) is 0 Å². The maximum atomic E-state index is 12.4. The summed E-state index contributed by atoms with van der Waals surface area (Å²) in [6.45, 7) is 7.31. The standard InChI is InChI=1S/C62H76Cl4N10O12.ClH/c1-75-33-47(45-27-43(63)29-51(65)49(45)35-75)39-5-3-7-41(25-39)53-31-55(73-37-71-53)67-9-13-83-17-21-87-23-19-85-15-11-69-61(81)59(79)57(77)58(78)60(80)62(82)70-12-16-86-20-24-88-22-18-84-14-10-68-56-32-54(72-38-74-56)42-8-4-6-40(26-42)48-34-76(2)36-50-46(48)28-44(64)30-52(50)66;/h3-8,25-32,37-38,47-48,57-60,77-80H,9-24,33-36H2,1-2H3,(H,69,81)(H,70,82)(H,67,71,73)(H,68,72,74);1H/t47-,48-,57-,58+,59+,60-;/m0./s1. The van der Waals surface area contributed by atoms with E-state index in [1.54, 1.807) is 12.1 Å². The molecule has 2 aromatic heterocycles. The number of likely N-dealkylation sites (N-methyl/N-ethyl adjacent to an activating group) is 2. The molecule has 6 atom stereocenters. The number of aliphatic hydroxyl groups is 4. The predicted molar refractivity (Wildman–Crippen MR) is 343 cm³/mol. The molecule has 0 aliphatic carbocycles. The number of hydrogen-bond acceptors (Lipinski definition) is 20. The summed E-state index contributed by atoms with van der Waals surface area (Å²) in [6.07, 6.45) is -5.60. The van der Waals surface area contributed by atoms with E-state index in [2.05, 4.69) is 89.4 Å². The number of nitrogens with one attached hydrogen (secondary N) is 4. The Bertz CT molecular complexity index is 3010. The molecule has 0 unspecified atom stereocenters. The smallest absolute Gasteiger partial charge is 0.251 e. The van der Waals surface area contributed by atoms with Crippen molar-refractivity contribution in [3.05, 3.63) is 151 Å². The van der Waals surface area contributed by atoms with Crippen molar-refractivity contribution in [2.45, 2.75) is 49.3 Å². The van der Waals surface area contributed by atoms with Gasteiger partial charge in [0.25, 0.3) is 11.8 Å². The number of carbonyl (C=O) groups excluding carboxylic acids is 2. The van der Waals surface area contributed by atoms with E-state index in [1.165, 1.54) is 12.7 Å². The van der Waals surface area contributed by atoms with E-state index in [1.807, 2.05) is 48.5 Å². The summed E-state index contributed by atoms with van der Waals surface area (Å²) >= 11 is 26.1. The summed E-state index contributed by atoms with van der Waals surface area (Å²) in [5.74, 6) is -0.556. The van der Waals surface area contributed by atoms with Gasteiger partial charge in [0.1, 0.15) is 36.5 Å². The first-order valence-corrected chi connectivity index (χ1v) is 30.5. The number of rotatable bonds is 35. The highest BCUT2D eigenvalue weighted by atomic mass is 35.5. The third-order valence-corrected chi connectivity index (χ3v) is 15.8. The molecular formula is C62H77Cl5N10O12. The zero-order chi connectivity index (χ0) is 62.4. The van der Waals surface area contributed by atoms with Crippen molar-refractivity contribution in [1.82, 2.24) is 40.4 Å². The Kier molecular flexibility index (Phi) is 29.2. The van der Waals surface area contributed by atoms with Gasteiger partial charge < -0.3 is 79.9 Å². The van der Waals surface area contributed by atoms with Crippen LogP contribution in [0.15, 0.2) is 97.6 Å². The van der Waals surface area contributed by atoms with E-state index >= 15 is 0 Å². The summed E-state index contributed by atoms with van der Waals surface area (Å²) in [5, 5.41) is 55.2. The molecule has 4 aromatic carbocycles. The predicted octanol–water partition coefficient (Wildman–Crippen LogP) is 6.09. The monoisotopic (exact) mass is 1330 g/mol. The highest BCUT2D eigenvalue weighted by Crippen LogP contribution is 2.41. The molecule has 0 bridgehead atoms. The topological polar surface area (TPSA) is 277 Å². The number of amides is 2. The van der Waals surface area contributed by atoms with Crippen molar-refractivity contribution >= 4 is 82.3 Å². The fourth-order valence-corrected chi connectivity index (χ4v) is 11.4. The van der Waals surface area contributed by atoms with E-state index in [0.29, 0.717) is 84.5 Å². The quantitative estimate of drug-likeness (QED) is 0.0209. The Morgan fingerprint density at radius 3 is 1.25 bits per heavy atom. The van der Waals surface area contributed by atoms with Crippen molar-refractivity contribution in [1.29, 1.82) is 0 Å². The molecule has 89 heavy (non-hydrogen) atoms. The maximum absolute atomic E-state index is 12.4. The summed E-state index contributed by atoms with van der Waals surface area (Å²) in [7, 11) is 4.17. The van der Waals surface area contributed by atoms with Gasteiger partial charge in [-0.25, -0.2) is 19.9 Å². The molecular weight excluding hydrogens is 1250 g/mol. The van der Waals surface area contributed by atoms with Gasteiger partial charge in [0.15, 0.2) is 12.2 Å². The van der Waals surface area contributed by atoms with E-state index in [-0.39, 0.29) is 77.0 Å². The zero-order valence-corrected chi connectivity index (χ0v) is 53.3. The lowest BCUT2D eigenvalue weighted by molar-refractivity contribution is -0.155. The lowest BCUT2D eigenvalue weighted by Gasteiger charge is -2.33. The van der Waals surface area contributed by atoms with Gasteiger partial charge in [0.2, 0.25) is 0 Å². The first kappa shape index (κ1) is 71.0. The molecule has 0 saturated heterocycles. The van der Waals surface area contributed by atoms with E-state index in [0.717, 1.165) is 82.1 Å². The molecule has 4 heterocycles. The second-order valence-electron chi connectivity index (χ2n) is 21.2. The normalized spacial score (nSPS) is 16.3. The van der Waals surface area contributed by atoms with Gasteiger partial charge in [0, 0.05) is 108 Å². The van der Waals surface area contributed by atoms with Crippen LogP contribution in [0.4, 0.5) is 11.6 Å². The fourth-order valence-electron chi connectivity index (χ4n) is 10.3. The van der Waals surface area contributed by atoms with Gasteiger partial charge in [-0.1, -0.05) is 82.8 Å². The lowest BCUT2D eigenvalue weighted by atomic mass is 9.84. The van der Waals surface area contributed by atoms with Crippen LogP contribution in [0, 0.1) is 0 Å². The Balaban J connectivity index is 0.0000113. The third-order valence-electron chi connectivity index (χ3n) is 14.7. The van der Waals surface area contributed by atoms with Gasteiger partial charge in [-0.3, -0.25) is 9.59 Å². The van der Waals surface area contributed by atoms with E-state index in [4.69, 9.17) is 74.8 Å². The SMILES string of the molecule is CN1Cc2c(Cl)cc(Cl)cc2[C@H](c2cccc(-c3cc(NCCOCCOCCOCCNC(=O)[C@@H](O)[C@H](O)[C@H](O)[C@@H](O)C(=O)NCCOCCOCCOCCNc4cc(-c5cccc([C@@H]6CN(C)Cc7c(Cl)cc(Cl)cc76)c5)ncn4)ncn3)c2)C1.Cl. The Morgan fingerprint density at radius 1 is 0.506 bits per heavy atom. The van der Waals surface area contributed by atoms with Crippen LogP contribution in [0.25, 0.3) is 22.5 Å². The van der Waals surface area contributed by atoms with Gasteiger partial charge in [0.05, 0.1) is 90.7 Å². The minimum absolute atomic E-state index is 0. The summed E-state index contributed by atoms with van der Waals surface area (Å²) in [5.41, 5.74) is 10.2. The van der Waals surface area contributed by atoms with Crippen LogP contribution < -0.4 is 21.3 Å². The Labute approximate surface area is 544 Å². The molecule has 27 heteroatoms. The second kappa shape index (κ2) is 36.6. The van der Waals surface area contributed by atoms with Gasteiger partial charge in [-0.15, -0.1) is 12.4 Å². The largest absolute Gasteiger partial charge is 0.387 e. The maximum Gasteiger partial charge on any atom is 0.251 e. The summed E-state index contributed by atoms with van der Waals surface area (Å²) < 4.78 is 33.4. The van der Waals surface area contributed by atoms with Crippen LogP contribution in [0.3, 0.4) is 0 Å². The number of benzene rings is 4. The van der Waals surface area contributed by atoms with E-state index in [9.17, 15) is 30.0 Å². The van der Waals surface area contributed by atoms with Crippen LogP contribution in [0.5, 0.6) is 0 Å². The van der Waals surface area contributed by atoms with Gasteiger partial charge in [-0.05, 0) is 83.9 Å². The number of fused-ring (bicyclic) bond motifs is 2. The molecule has 8 rings (SSSR count). The summed E-state index contributed by atoms with van der Waals surface area (Å²) in [6, 6.07) is 28.1. The van der Waals surface area contributed by atoms with Crippen LogP contribution in [0.2, 0.25) is 20.1 Å². The van der Waals surface area contributed by atoms with Crippen molar-refractivity contribution in [2.24, 2.45) is 0 Å². The van der Waals surface area contributed by atoms with Crippen molar-refractivity contribution < 1.29 is 58.4 Å². The molecule has 0 saturated carbocycles. The number of ether oxygens (including phenoxy) is 6. The molecule has 0 fully saturated rings. The first-order valence-electron chi connectivity index (χ1n) is 29.0. The average molecular weight is 1330 g/mol. The first-order chi connectivity index (χ1) is 42.6. The number of carbonyl (C=O) groups is 2. The highest BCUT2D eigenvalue weighted by molar-refractivity contribution is 6.35. The van der Waals surface area contributed by atoms with Crippen LogP contribution in [0.1, 0.15) is 45.2 Å². The molecule has 6 aromatic rings. The lowest BCUT2D eigenvalue weighted by Crippen LogP contribution is -2.54. The fraction of sp³-hybridized carbons (Fsp3) is 0.452. The molecule has 2 aliphatic heterocycles. The number of nitrogens with zero attached hydrogens (tertiary/aromatic N) is 6. The number of anilines is 2. The minimum Gasteiger partial charge on any atom is -0.387 e. The number of aromatic nitrogens is 4. The van der Waals surface area contributed by atoms with Crippen molar-refractivity contribution in [2.75, 3.05) is 143 Å². The Morgan fingerprint density at radius 2 is 0.865 bits per heavy atom. The molecule has 0 spiro atoms. The van der Waals surface area contributed by atoms with Crippen LogP contribution in [-0.4, -0.2) is 219 Å². The van der Waals surface area contributed by atoms with E-state index < -0.39 is 36.2 Å². The van der Waals surface area contributed by atoms with Gasteiger partial charge >= 0.3 is 0 Å². The van der Waals surface area contributed by atoms with Crippen molar-refractivity contribution in [3.8, 4) is 22.5 Å². The molecule has 22 nitrogen and oxygen atoms in total. The molecule has 2 aliphatic rings. The third kappa shape index (κ3) is 21.3. The van der Waals surface area contributed by atoms with Crippen LogP contribution in [-0.2, 0) is 51.1 Å². The number of hydrogen-bond donors (Lipinski definition) is 8. The zero-order valence-electron chi connectivity index (χ0n) is 49.5. The number of halogens is 5. The minimum atomic E-state index is -2.18. The highest BCUT2D eigenvalue weighted by Gasteiger charge is 2.37. The number of aliphatic hydroxyl groups excluding tert-OH is 4. The molecule has 2 amide bonds. The van der Waals surface area contributed by atoms with Gasteiger partial charge in [-0.2, -0.15) is 0 Å². The Hall–Kier alpha value is -5.45. The summed E-state index contributed by atoms with van der Waals surface area (Å²) in [4.78, 5) is 47.2. The molecule has 0 radical (unpaired) electrons.